The van der Waals surface area contributed by atoms with Crippen LogP contribution in [0.15, 0.2) is 42.5 Å². The van der Waals surface area contributed by atoms with E-state index in [9.17, 15) is 14.0 Å². The number of aryl methyl sites for hydroxylation is 1. The largest absolute Gasteiger partial charge is 0.497 e. The molecule has 4 rings (SSSR count). The molecule has 148 valence electrons. The normalized spacial score (nSPS) is 15.0. The lowest BCUT2D eigenvalue weighted by atomic mass is 9.87. The highest BCUT2D eigenvalue weighted by Gasteiger charge is 2.39. The van der Waals surface area contributed by atoms with Gasteiger partial charge in [0.15, 0.2) is 0 Å². The zero-order chi connectivity index (χ0) is 20.7. The maximum absolute atomic E-state index is 14.0. The number of aromatic amines is 1. The molecule has 1 aromatic heterocycles. The number of hydrogen-bond acceptors (Lipinski definition) is 4. The van der Waals surface area contributed by atoms with E-state index >= 15 is 0 Å². The summed E-state index contributed by atoms with van der Waals surface area (Å²) >= 11 is 0. The molecular formula is C22H19FN2O4. The third-order valence-electron chi connectivity index (χ3n) is 5.11. The highest BCUT2D eigenvalue weighted by molar-refractivity contribution is 6.08. The zero-order valence-electron chi connectivity index (χ0n) is 16.1. The molecule has 3 aromatic rings. The Kier molecular flexibility index (Phi) is 4.58. The lowest BCUT2D eigenvalue weighted by Crippen LogP contribution is -2.17. The SMILES string of the molecule is COC(=O)c1c(C)[nH]c(-c2cccc(OC)c2)c1[C@H]1C(=O)Nc2ccc(F)cc21. The molecule has 0 unspecified atom stereocenters. The zero-order valence-corrected chi connectivity index (χ0v) is 16.1. The van der Waals surface area contributed by atoms with E-state index in [-0.39, 0.29) is 11.5 Å². The topological polar surface area (TPSA) is 80.4 Å². The van der Waals surface area contributed by atoms with Gasteiger partial charge in [-0.25, -0.2) is 9.18 Å². The smallest absolute Gasteiger partial charge is 0.340 e. The van der Waals surface area contributed by atoms with Crippen molar-refractivity contribution in [3.8, 4) is 17.0 Å². The van der Waals surface area contributed by atoms with Gasteiger partial charge in [-0.1, -0.05) is 12.1 Å². The van der Waals surface area contributed by atoms with Crippen molar-refractivity contribution in [1.29, 1.82) is 0 Å². The number of benzene rings is 2. The van der Waals surface area contributed by atoms with Gasteiger partial charge in [-0.05, 0) is 42.8 Å². The van der Waals surface area contributed by atoms with E-state index < -0.39 is 17.7 Å². The molecule has 0 saturated carbocycles. The summed E-state index contributed by atoms with van der Waals surface area (Å²) in [6.45, 7) is 1.73. The molecule has 1 aliphatic heterocycles. The molecule has 2 aromatic carbocycles. The van der Waals surface area contributed by atoms with Crippen LogP contribution in [-0.2, 0) is 9.53 Å². The standard InChI is InChI=1S/C22H19FN2O4/c1-11-17(22(27)29-3)19(20(24-11)12-5-4-6-14(9-12)28-2)18-15-10-13(23)7-8-16(15)25-21(18)26/h4-10,18,24H,1-3H3,(H,25,26)/t18-/m0/s1. The summed E-state index contributed by atoms with van der Waals surface area (Å²) in [5.41, 5.74) is 3.58. The van der Waals surface area contributed by atoms with Gasteiger partial charge in [0.05, 0.1) is 31.4 Å². The average molecular weight is 394 g/mol. The quantitative estimate of drug-likeness (QED) is 0.656. The molecule has 6 nitrogen and oxygen atoms in total. The summed E-state index contributed by atoms with van der Waals surface area (Å²) in [5, 5.41) is 2.77. The van der Waals surface area contributed by atoms with Crippen LogP contribution in [0.4, 0.5) is 10.1 Å². The summed E-state index contributed by atoms with van der Waals surface area (Å²) in [5.74, 6) is -1.59. The van der Waals surface area contributed by atoms with Crippen LogP contribution in [-0.4, -0.2) is 31.1 Å². The molecular weight excluding hydrogens is 375 g/mol. The van der Waals surface area contributed by atoms with Crippen molar-refractivity contribution in [2.75, 3.05) is 19.5 Å². The van der Waals surface area contributed by atoms with Crippen molar-refractivity contribution in [1.82, 2.24) is 4.98 Å². The van der Waals surface area contributed by atoms with Crippen molar-refractivity contribution in [2.45, 2.75) is 12.8 Å². The van der Waals surface area contributed by atoms with Crippen molar-refractivity contribution < 1.29 is 23.5 Å². The van der Waals surface area contributed by atoms with Gasteiger partial charge in [-0.15, -0.1) is 0 Å². The summed E-state index contributed by atoms with van der Waals surface area (Å²) in [6, 6.07) is 11.4. The number of carbonyl (C=O) groups excluding carboxylic acids is 2. The second kappa shape index (κ2) is 7.09. The summed E-state index contributed by atoms with van der Waals surface area (Å²) in [7, 11) is 2.84. The fourth-order valence-electron chi connectivity index (χ4n) is 3.82. The van der Waals surface area contributed by atoms with Gasteiger partial charge in [0.25, 0.3) is 0 Å². The first-order chi connectivity index (χ1) is 13.9. The minimum Gasteiger partial charge on any atom is -0.497 e. The van der Waals surface area contributed by atoms with Crippen LogP contribution < -0.4 is 10.1 Å². The Bertz CT molecular complexity index is 1140. The van der Waals surface area contributed by atoms with Crippen LogP contribution in [0.2, 0.25) is 0 Å². The van der Waals surface area contributed by atoms with Crippen LogP contribution in [0.25, 0.3) is 11.3 Å². The number of anilines is 1. The van der Waals surface area contributed by atoms with Crippen LogP contribution in [0.3, 0.4) is 0 Å². The molecule has 7 heteroatoms. The number of amides is 1. The summed E-state index contributed by atoms with van der Waals surface area (Å²) in [4.78, 5) is 28.7. The van der Waals surface area contributed by atoms with Crippen molar-refractivity contribution in [2.24, 2.45) is 0 Å². The van der Waals surface area contributed by atoms with Crippen LogP contribution >= 0.6 is 0 Å². The predicted molar refractivity (Wildman–Crippen MR) is 106 cm³/mol. The number of nitrogens with one attached hydrogen (secondary N) is 2. The Morgan fingerprint density at radius 3 is 2.66 bits per heavy atom. The third-order valence-corrected chi connectivity index (χ3v) is 5.11. The van der Waals surface area contributed by atoms with E-state index in [2.05, 4.69) is 10.3 Å². The van der Waals surface area contributed by atoms with Gasteiger partial charge in [-0.3, -0.25) is 4.79 Å². The highest BCUT2D eigenvalue weighted by atomic mass is 19.1. The molecule has 1 atom stereocenters. The Balaban J connectivity index is 2.00. The first-order valence-electron chi connectivity index (χ1n) is 9.00. The van der Waals surface area contributed by atoms with Gasteiger partial charge in [-0.2, -0.15) is 0 Å². The van der Waals surface area contributed by atoms with Crippen molar-refractivity contribution >= 4 is 17.6 Å². The first-order valence-corrected chi connectivity index (χ1v) is 9.00. The lowest BCUT2D eigenvalue weighted by Gasteiger charge is -2.14. The number of hydrogen-bond donors (Lipinski definition) is 2. The number of ether oxygens (including phenoxy) is 2. The molecule has 0 fully saturated rings. The second-order valence-electron chi connectivity index (χ2n) is 6.79. The number of aromatic nitrogens is 1. The number of H-pyrrole nitrogens is 1. The summed E-state index contributed by atoms with van der Waals surface area (Å²) < 4.78 is 24.3. The first kappa shape index (κ1) is 18.7. The van der Waals surface area contributed by atoms with Crippen molar-refractivity contribution in [3.05, 3.63) is 70.7 Å². The Morgan fingerprint density at radius 1 is 1.14 bits per heavy atom. The number of halogens is 1. The van der Waals surface area contributed by atoms with E-state index in [1.54, 1.807) is 26.2 Å². The molecule has 0 saturated heterocycles. The lowest BCUT2D eigenvalue weighted by molar-refractivity contribution is -0.116. The summed E-state index contributed by atoms with van der Waals surface area (Å²) in [6.07, 6.45) is 0. The molecule has 29 heavy (non-hydrogen) atoms. The predicted octanol–water partition coefficient (Wildman–Crippen LogP) is 4.01. The van der Waals surface area contributed by atoms with E-state index in [4.69, 9.17) is 9.47 Å². The minimum atomic E-state index is -0.860. The molecule has 0 spiro atoms. The molecule has 2 heterocycles. The van der Waals surface area contributed by atoms with E-state index in [1.807, 2.05) is 12.1 Å². The molecule has 2 N–H and O–H groups in total. The van der Waals surface area contributed by atoms with Gasteiger partial charge in [0.1, 0.15) is 11.6 Å². The Hall–Kier alpha value is -3.61. The molecule has 0 bridgehead atoms. The molecule has 0 aliphatic carbocycles. The van der Waals surface area contributed by atoms with Gasteiger partial charge < -0.3 is 19.8 Å². The monoisotopic (exact) mass is 394 g/mol. The average Bonchev–Trinajstić information content (AvgIpc) is 3.22. The fourth-order valence-corrected chi connectivity index (χ4v) is 3.82. The van der Waals surface area contributed by atoms with Crippen LogP contribution in [0, 0.1) is 12.7 Å². The number of fused-ring (bicyclic) bond motifs is 1. The van der Waals surface area contributed by atoms with E-state index in [1.165, 1.54) is 25.3 Å². The van der Waals surface area contributed by atoms with Crippen molar-refractivity contribution in [3.63, 3.8) is 0 Å². The Morgan fingerprint density at radius 2 is 1.93 bits per heavy atom. The van der Waals surface area contributed by atoms with Gasteiger partial charge in [0, 0.05) is 22.5 Å². The van der Waals surface area contributed by atoms with E-state index in [0.29, 0.717) is 34.0 Å². The van der Waals surface area contributed by atoms with Crippen LogP contribution in [0.1, 0.15) is 33.1 Å². The third kappa shape index (κ3) is 3.04. The molecule has 0 radical (unpaired) electrons. The minimum absolute atomic E-state index is 0.266. The van der Waals surface area contributed by atoms with Gasteiger partial charge in [0.2, 0.25) is 5.91 Å². The number of methoxy groups -OCH3 is 2. The maximum atomic E-state index is 14.0. The van der Waals surface area contributed by atoms with E-state index in [0.717, 1.165) is 5.56 Å². The van der Waals surface area contributed by atoms with Gasteiger partial charge >= 0.3 is 5.97 Å². The number of rotatable bonds is 4. The highest BCUT2D eigenvalue weighted by Crippen LogP contribution is 2.44. The second-order valence-corrected chi connectivity index (χ2v) is 6.79. The number of carbonyl (C=O) groups is 2. The number of esters is 1. The Labute approximate surface area is 166 Å². The molecule has 1 amide bonds. The maximum Gasteiger partial charge on any atom is 0.340 e. The molecule has 1 aliphatic rings. The van der Waals surface area contributed by atoms with Crippen LogP contribution in [0.5, 0.6) is 5.75 Å². The fraction of sp³-hybridized carbons (Fsp3) is 0.182.